The number of nitrogens with one attached hydrogen (secondary N) is 1. The van der Waals surface area contributed by atoms with E-state index in [4.69, 9.17) is 14.6 Å². The molecule has 0 fully saturated rings. The lowest BCUT2D eigenvalue weighted by Crippen LogP contribution is -2.43. The second-order valence-corrected chi connectivity index (χ2v) is 4.37. The average Bonchev–Trinajstić information content (AvgIpc) is 2.44. The number of carbonyl (C=O) groups excluding carboxylic acids is 1. The van der Waals surface area contributed by atoms with Crippen molar-refractivity contribution in [3.05, 3.63) is 29.8 Å². The van der Waals surface area contributed by atoms with Gasteiger partial charge in [0, 0.05) is 0 Å². The van der Waals surface area contributed by atoms with Crippen LogP contribution in [0.4, 0.5) is 0 Å². The lowest BCUT2D eigenvalue weighted by Gasteiger charge is -2.15. The highest BCUT2D eigenvalue weighted by molar-refractivity contribution is 5.85. The minimum Gasteiger partial charge on any atom is -0.497 e. The number of rotatable bonds is 7. The predicted molar refractivity (Wildman–Crippen MR) is 72.5 cm³/mol. The number of benzene rings is 1. The Kier molecular flexibility index (Phi) is 5.99. The third-order valence-corrected chi connectivity index (χ3v) is 2.73. The highest BCUT2D eigenvalue weighted by Crippen LogP contribution is 2.13. The molecule has 6 heteroatoms. The molecule has 0 aliphatic carbocycles. The van der Waals surface area contributed by atoms with E-state index >= 15 is 0 Å². The molecule has 2 atom stereocenters. The summed E-state index contributed by atoms with van der Waals surface area (Å²) < 4.78 is 10.5. The van der Waals surface area contributed by atoms with Crippen molar-refractivity contribution in [3.8, 4) is 5.75 Å². The third-order valence-electron chi connectivity index (χ3n) is 2.73. The van der Waals surface area contributed by atoms with Crippen molar-refractivity contribution in [1.82, 2.24) is 5.32 Å². The van der Waals surface area contributed by atoms with Crippen molar-refractivity contribution < 1.29 is 24.2 Å². The van der Waals surface area contributed by atoms with Gasteiger partial charge in [-0.2, -0.15) is 0 Å². The van der Waals surface area contributed by atoms with Gasteiger partial charge in [0.1, 0.15) is 17.9 Å². The number of carboxylic acids is 1. The maximum atomic E-state index is 11.7. The van der Waals surface area contributed by atoms with Crippen molar-refractivity contribution in [2.75, 3.05) is 7.11 Å². The van der Waals surface area contributed by atoms with Crippen LogP contribution in [0.15, 0.2) is 24.3 Å². The first-order valence-corrected chi connectivity index (χ1v) is 6.21. The lowest BCUT2D eigenvalue weighted by molar-refractivity contribution is -0.143. The van der Waals surface area contributed by atoms with Crippen LogP contribution < -0.4 is 10.1 Å². The van der Waals surface area contributed by atoms with Gasteiger partial charge in [-0.15, -0.1) is 0 Å². The van der Waals surface area contributed by atoms with Gasteiger partial charge in [-0.1, -0.05) is 12.1 Å². The number of hydrogen-bond donors (Lipinski definition) is 2. The van der Waals surface area contributed by atoms with E-state index in [1.54, 1.807) is 14.0 Å². The highest BCUT2D eigenvalue weighted by atomic mass is 16.5. The minimum absolute atomic E-state index is 0.243. The van der Waals surface area contributed by atoms with Gasteiger partial charge in [-0.25, -0.2) is 0 Å². The van der Waals surface area contributed by atoms with Gasteiger partial charge < -0.3 is 19.9 Å². The molecular formula is C14H19NO5. The van der Waals surface area contributed by atoms with Gasteiger partial charge in [0.15, 0.2) is 0 Å². The zero-order chi connectivity index (χ0) is 15.1. The summed E-state index contributed by atoms with van der Waals surface area (Å²) in [5.74, 6) is -0.830. The molecule has 0 radical (unpaired) electrons. The molecule has 0 aromatic heterocycles. The zero-order valence-corrected chi connectivity index (χ0v) is 11.8. The quantitative estimate of drug-likeness (QED) is 0.784. The molecule has 0 heterocycles. The molecule has 20 heavy (non-hydrogen) atoms. The Labute approximate surface area is 117 Å². The van der Waals surface area contributed by atoms with Gasteiger partial charge in [0.05, 0.1) is 13.7 Å². The third kappa shape index (κ3) is 4.89. The Hall–Kier alpha value is -2.08. The summed E-state index contributed by atoms with van der Waals surface area (Å²) in [6, 6.07) is 6.37. The molecule has 0 saturated heterocycles. The van der Waals surface area contributed by atoms with E-state index in [1.807, 2.05) is 24.3 Å². The molecule has 2 N–H and O–H groups in total. The van der Waals surface area contributed by atoms with Crippen LogP contribution in [0.1, 0.15) is 19.4 Å². The minimum atomic E-state index is -1.08. The Morgan fingerprint density at radius 2 is 2.05 bits per heavy atom. The fourth-order valence-electron chi connectivity index (χ4n) is 1.45. The molecule has 0 bridgehead atoms. The van der Waals surface area contributed by atoms with Crippen LogP contribution >= 0.6 is 0 Å². The van der Waals surface area contributed by atoms with Gasteiger partial charge >= 0.3 is 5.97 Å². The first-order valence-electron chi connectivity index (χ1n) is 6.21. The molecule has 1 amide bonds. The van der Waals surface area contributed by atoms with Crippen molar-refractivity contribution in [2.24, 2.45) is 0 Å². The normalized spacial score (nSPS) is 13.3. The van der Waals surface area contributed by atoms with E-state index < -0.39 is 24.0 Å². The molecule has 6 nitrogen and oxygen atoms in total. The number of aliphatic carboxylic acids is 1. The summed E-state index contributed by atoms with van der Waals surface area (Å²) in [7, 11) is 1.57. The van der Waals surface area contributed by atoms with E-state index in [1.165, 1.54) is 6.92 Å². The SMILES string of the molecule is COc1cccc(COC(C)C(=O)N[C@H](C)C(=O)O)c1. The molecule has 110 valence electrons. The molecular weight excluding hydrogens is 262 g/mol. The Bertz CT molecular complexity index is 474. The number of methoxy groups -OCH3 is 1. The molecule has 0 saturated carbocycles. The van der Waals surface area contributed by atoms with Crippen molar-refractivity contribution >= 4 is 11.9 Å². The van der Waals surface area contributed by atoms with Crippen LogP contribution in [0.3, 0.4) is 0 Å². The fraction of sp³-hybridized carbons (Fsp3) is 0.429. The van der Waals surface area contributed by atoms with Gasteiger partial charge in [-0.05, 0) is 31.5 Å². The first-order chi connectivity index (χ1) is 9.43. The molecule has 0 aliphatic heterocycles. The summed E-state index contributed by atoms with van der Waals surface area (Å²) in [5.41, 5.74) is 0.871. The van der Waals surface area contributed by atoms with Crippen molar-refractivity contribution in [2.45, 2.75) is 32.6 Å². The second kappa shape index (κ2) is 7.49. The van der Waals surface area contributed by atoms with Gasteiger partial charge in [0.25, 0.3) is 0 Å². The second-order valence-electron chi connectivity index (χ2n) is 4.37. The number of amides is 1. The smallest absolute Gasteiger partial charge is 0.325 e. The maximum Gasteiger partial charge on any atom is 0.325 e. The topological polar surface area (TPSA) is 84.9 Å². The molecule has 0 aliphatic rings. The standard InChI is InChI=1S/C14H19NO5/c1-9(14(17)18)15-13(16)10(2)20-8-11-5-4-6-12(7-11)19-3/h4-7,9-10H,8H2,1-3H3,(H,15,16)(H,17,18)/t9-,10?/m1/s1. The first kappa shape index (κ1) is 16.0. The monoisotopic (exact) mass is 281 g/mol. The fourth-order valence-corrected chi connectivity index (χ4v) is 1.45. The maximum absolute atomic E-state index is 11.7. The molecule has 1 unspecified atom stereocenters. The number of carboxylic acid groups (broad SMARTS) is 1. The van der Waals surface area contributed by atoms with E-state index in [0.29, 0.717) is 5.75 Å². The summed E-state index contributed by atoms with van der Waals surface area (Å²) in [6.45, 7) is 3.21. The van der Waals surface area contributed by atoms with Crippen LogP contribution in [0.25, 0.3) is 0 Å². The summed E-state index contributed by atoms with van der Waals surface area (Å²) >= 11 is 0. The molecule has 1 aromatic rings. The Morgan fingerprint density at radius 3 is 2.65 bits per heavy atom. The van der Waals surface area contributed by atoms with E-state index in [-0.39, 0.29) is 6.61 Å². The number of ether oxygens (including phenoxy) is 2. The van der Waals surface area contributed by atoms with Gasteiger partial charge in [0.2, 0.25) is 5.91 Å². The summed E-state index contributed by atoms with van der Waals surface area (Å²) in [4.78, 5) is 22.3. The average molecular weight is 281 g/mol. The van der Waals surface area contributed by atoms with E-state index in [2.05, 4.69) is 5.32 Å². The zero-order valence-electron chi connectivity index (χ0n) is 11.8. The molecule has 0 spiro atoms. The van der Waals surface area contributed by atoms with Crippen LogP contribution in [-0.4, -0.2) is 36.2 Å². The van der Waals surface area contributed by atoms with Crippen molar-refractivity contribution in [1.29, 1.82) is 0 Å². The van der Waals surface area contributed by atoms with E-state index in [9.17, 15) is 9.59 Å². The molecule has 1 rings (SSSR count). The van der Waals surface area contributed by atoms with Crippen LogP contribution in [0, 0.1) is 0 Å². The van der Waals surface area contributed by atoms with E-state index in [0.717, 1.165) is 5.56 Å². The lowest BCUT2D eigenvalue weighted by atomic mass is 10.2. The van der Waals surface area contributed by atoms with Crippen LogP contribution in [-0.2, 0) is 20.9 Å². The van der Waals surface area contributed by atoms with Gasteiger partial charge in [-0.3, -0.25) is 9.59 Å². The number of carbonyl (C=O) groups is 2. The number of hydrogen-bond acceptors (Lipinski definition) is 4. The van der Waals surface area contributed by atoms with Crippen molar-refractivity contribution in [3.63, 3.8) is 0 Å². The Morgan fingerprint density at radius 1 is 1.35 bits per heavy atom. The van der Waals surface area contributed by atoms with Crippen LogP contribution in [0.2, 0.25) is 0 Å². The Balaban J connectivity index is 2.47. The van der Waals surface area contributed by atoms with Crippen LogP contribution in [0.5, 0.6) is 5.75 Å². The largest absolute Gasteiger partial charge is 0.497 e. The summed E-state index contributed by atoms with van der Waals surface area (Å²) in [5, 5.41) is 11.1. The summed E-state index contributed by atoms with van der Waals surface area (Å²) in [6.07, 6.45) is -0.733. The molecule has 1 aromatic carbocycles. The highest BCUT2D eigenvalue weighted by Gasteiger charge is 2.19. The predicted octanol–water partition coefficient (Wildman–Crippen LogP) is 1.19.